The van der Waals surface area contributed by atoms with Gasteiger partial charge in [0, 0.05) is 36.5 Å². The fraction of sp³-hybridized carbons (Fsp3) is 0.444. The van der Waals surface area contributed by atoms with Gasteiger partial charge in [0.2, 0.25) is 0 Å². The second-order valence-corrected chi connectivity index (χ2v) is 6.51. The average Bonchev–Trinajstić information content (AvgIpc) is 3.14. The number of hydrogen-bond acceptors (Lipinski definition) is 4. The quantitative estimate of drug-likeness (QED) is 0.862. The van der Waals surface area contributed by atoms with Gasteiger partial charge < -0.3 is 15.1 Å². The van der Waals surface area contributed by atoms with E-state index in [1.807, 2.05) is 36.5 Å². The number of carbonyl (C=O) groups is 1. The number of likely N-dealkylation sites (tertiary alicyclic amines) is 1. The van der Waals surface area contributed by atoms with Crippen LogP contribution in [-0.4, -0.2) is 57.1 Å². The molecule has 1 saturated heterocycles. The molecule has 1 fully saturated rings. The third kappa shape index (κ3) is 3.34. The Kier molecular flexibility index (Phi) is 4.97. The molecule has 2 N–H and O–H groups in total. The Hall–Kier alpha value is -2.18. The van der Waals surface area contributed by atoms with E-state index in [2.05, 4.69) is 5.10 Å². The lowest BCUT2D eigenvalue weighted by molar-refractivity contribution is -0.00628. The number of rotatable bonds is 5. The summed E-state index contributed by atoms with van der Waals surface area (Å²) in [7, 11) is 0. The molecule has 1 aromatic heterocycles. The molecular formula is C18H23N3O3. The molecule has 24 heavy (non-hydrogen) atoms. The normalized spacial score (nSPS) is 17.0. The molecule has 6 heteroatoms. The van der Waals surface area contributed by atoms with Gasteiger partial charge in [0.15, 0.2) is 0 Å². The van der Waals surface area contributed by atoms with Crippen LogP contribution in [0.5, 0.6) is 0 Å². The molecule has 0 spiro atoms. The number of aliphatic hydroxyl groups excluding tert-OH is 2. The molecule has 2 heterocycles. The number of aliphatic hydroxyl groups is 2. The highest BCUT2D eigenvalue weighted by atomic mass is 16.3. The van der Waals surface area contributed by atoms with E-state index in [9.17, 15) is 15.0 Å². The van der Waals surface area contributed by atoms with E-state index in [1.165, 1.54) is 0 Å². The van der Waals surface area contributed by atoms with Gasteiger partial charge >= 0.3 is 0 Å². The smallest absolute Gasteiger partial charge is 0.254 e. The van der Waals surface area contributed by atoms with Crippen LogP contribution in [0.4, 0.5) is 0 Å². The van der Waals surface area contributed by atoms with Crippen molar-refractivity contribution in [2.45, 2.75) is 19.4 Å². The van der Waals surface area contributed by atoms with Crippen molar-refractivity contribution >= 4 is 5.91 Å². The second kappa shape index (κ2) is 7.15. The van der Waals surface area contributed by atoms with E-state index in [4.69, 9.17) is 0 Å². The Morgan fingerprint density at radius 1 is 1.21 bits per heavy atom. The lowest BCUT2D eigenvalue weighted by Gasteiger charge is -2.40. The molecule has 0 atom stereocenters. The van der Waals surface area contributed by atoms with Crippen molar-refractivity contribution in [1.82, 2.24) is 14.7 Å². The topological polar surface area (TPSA) is 78.6 Å². The Balaban J connectivity index is 1.82. The zero-order chi connectivity index (χ0) is 17.0. The lowest BCUT2D eigenvalue weighted by atomic mass is 9.81. The zero-order valence-electron chi connectivity index (χ0n) is 13.6. The summed E-state index contributed by atoms with van der Waals surface area (Å²) in [6, 6.07) is 9.39. The fourth-order valence-electron chi connectivity index (χ4n) is 3.30. The Morgan fingerprint density at radius 3 is 2.71 bits per heavy atom. The van der Waals surface area contributed by atoms with Gasteiger partial charge in [0.05, 0.1) is 19.8 Å². The number of hydrogen-bond donors (Lipinski definition) is 2. The monoisotopic (exact) mass is 329 g/mol. The van der Waals surface area contributed by atoms with E-state index in [0.29, 0.717) is 25.2 Å². The molecule has 0 unspecified atom stereocenters. The maximum absolute atomic E-state index is 13.0. The first-order valence-electron chi connectivity index (χ1n) is 8.24. The van der Waals surface area contributed by atoms with Crippen molar-refractivity contribution in [3.63, 3.8) is 0 Å². The summed E-state index contributed by atoms with van der Waals surface area (Å²) in [5.74, 6) is -0.0521. The minimum atomic E-state index is -0.592. The first-order chi connectivity index (χ1) is 11.7. The third-order valence-electron chi connectivity index (χ3n) is 4.76. The highest BCUT2D eigenvalue weighted by Gasteiger charge is 2.36. The van der Waals surface area contributed by atoms with Gasteiger partial charge in [0.25, 0.3) is 5.91 Å². The first-order valence-corrected chi connectivity index (χ1v) is 8.24. The zero-order valence-corrected chi connectivity index (χ0v) is 13.6. The molecule has 1 aromatic carbocycles. The minimum absolute atomic E-state index is 0.0521. The van der Waals surface area contributed by atoms with Crippen LogP contribution in [-0.2, 0) is 6.54 Å². The summed E-state index contributed by atoms with van der Waals surface area (Å²) in [4.78, 5) is 14.7. The first kappa shape index (κ1) is 16.7. The molecular weight excluding hydrogens is 306 g/mol. The van der Waals surface area contributed by atoms with Crippen molar-refractivity contribution in [3.8, 4) is 0 Å². The molecule has 0 radical (unpaired) electrons. The molecule has 1 aliphatic heterocycles. The molecule has 6 nitrogen and oxygen atoms in total. The molecule has 3 rings (SSSR count). The van der Waals surface area contributed by atoms with Crippen LogP contribution in [0.2, 0.25) is 0 Å². The number of nitrogens with zero attached hydrogens (tertiary/aromatic N) is 3. The standard InChI is InChI=1S/C18H23N3O3/c22-13-18(14-23)7-3-9-20(12-18)17(24)16-6-2-1-5-15(16)11-21-10-4-8-19-21/h1-2,4-6,8,10,22-23H,3,7,9,11-14H2. The maximum atomic E-state index is 13.0. The van der Waals surface area contributed by atoms with Crippen LogP contribution in [0.1, 0.15) is 28.8 Å². The lowest BCUT2D eigenvalue weighted by Crippen LogP contribution is -2.49. The molecule has 0 saturated carbocycles. The second-order valence-electron chi connectivity index (χ2n) is 6.51. The average molecular weight is 329 g/mol. The number of benzene rings is 1. The van der Waals surface area contributed by atoms with Crippen LogP contribution >= 0.6 is 0 Å². The Bertz CT molecular complexity index is 681. The summed E-state index contributed by atoms with van der Waals surface area (Å²) in [5.41, 5.74) is 0.972. The van der Waals surface area contributed by atoms with Crippen LogP contribution in [0.25, 0.3) is 0 Å². The van der Waals surface area contributed by atoms with Gasteiger partial charge in [-0.3, -0.25) is 9.48 Å². The van der Waals surface area contributed by atoms with E-state index >= 15 is 0 Å². The van der Waals surface area contributed by atoms with Crippen molar-refractivity contribution < 1.29 is 15.0 Å². The van der Waals surface area contributed by atoms with Crippen LogP contribution < -0.4 is 0 Å². The van der Waals surface area contributed by atoms with Crippen LogP contribution in [0, 0.1) is 5.41 Å². The maximum Gasteiger partial charge on any atom is 0.254 e. The van der Waals surface area contributed by atoms with E-state index in [1.54, 1.807) is 15.8 Å². The summed E-state index contributed by atoms with van der Waals surface area (Å²) < 4.78 is 1.79. The summed E-state index contributed by atoms with van der Waals surface area (Å²) in [6.07, 6.45) is 5.10. The Labute approximate surface area is 141 Å². The van der Waals surface area contributed by atoms with Crippen molar-refractivity contribution in [1.29, 1.82) is 0 Å². The number of aromatic nitrogens is 2. The van der Waals surface area contributed by atoms with Gasteiger partial charge in [-0.2, -0.15) is 5.10 Å². The Morgan fingerprint density at radius 2 is 2.00 bits per heavy atom. The largest absolute Gasteiger partial charge is 0.396 e. The van der Waals surface area contributed by atoms with Gasteiger partial charge in [-0.15, -0.1) is 0 Å². The van der Waals surface area contributed by atoms with E-state index in [-0.39, 0.29) is 19.1 Å². The molecule has 0 aliphatic carbocycles. The minimum Gasteiger partial charge on any atom is -0.396 e. The molecule has 0 bridgehead atoms. The molecule has 1 aliphatic rings. The summed E-state index contributed by atoms with van der Waals surface area (Å²) in [6.45, 7) is 1.35. The number of amides is 1. The number of carbonyl (C=O) groups excluding carboxylic acids is 1. The molecule has 1 amide bonds. The van der Waals surface area contributed by atoms with E-state index < -0.39 is 5.41 Å². The van der Waals surface area contributed by atoms with Crippen molar-refractivity contribution in [3.05, 3.63) is 53.9 Å². The highest BCUT2D eigenvalue weighted by molar-refractivity contribution is 5.95. The fourth-order valence-corrected chi connectivity index (χ4v) is 3.30. The van der Waals surface area contributed by atoms with Gasteiger partial charge in [-0.25, -0.2) is 0 Å². The van der Waals surface area contributed by atoms with Gasteiger partial charge in [-0.1, -0.05) is 18.2 Å². The van der Waals surface area contributed by atoms with Crippen LogP contribution in [0.3, 0.4) is 0 Å². The van der Waals surface area contributed by atoms with Crippen LogP contribution in [0.15, 0.2) is 42.7 Å². The predicted molar refractivity (Wildman–Crippen MR) is 89.5 cm³/mol. The van der Waals surface area contributed by atoms with E-state index in [0.717, 1.165) is 18.4 Å². The molecule has 128 valence electrons. The highest BCUT2D eigenvalue weighted by Crippen LogP contribution is 2.30. The SMILES string of the molecule is O=C(c1ccccc1Cn1cccn1)N1CCCC(CO)(CO)C1. The predicted octanol–water partition coefficient (Wildman–Crippen LogP) is 1.14. The third-order valence-corrected chi connectivity index (χ3v) is 4.76. The molecule has 2 aromatic rings. The van der Waals surface area contributed by atoms with Gasteiger partial charge in [-0.05, 0) is 30.5 Å². The van der Waals surface area contributed by atoms with Crippen molar-refractivity contribution in [2.75, 3.05) is 26.3 Å². The summed E-state index contributed by atoms with van der Waals surface area (Å²) in [5, 5.41) is 23.5. The van der Waals surface area contributed by atoms with Gasteiger partial charge in [0.1, 0.15) is 0 Å². The van der Waals surface area contributed by atoms with Crippen molar-refractivity contribution in [2.24, 2.45) is 5.41 Å². The summed E-state index contributed by atoms with van der Waals surface area (Å²) >= 11 is 0. The number of piperidine rings is 1.